The van der Waals surface area contributed by atoms with Gasteiger partial charge >= 0.3 is 5.97 Å². The topological polar surface area (TPSA) is 50.7 Å². The van der Waals surface area contributed by atoms with Crippen molar-refractivity contribution in [2.24, 2.45) is 5.10 Å². The molecular formula is C22H18N2O2. The van der Waals surface area contributed by atoms with Crippen molar-refractivity contribution in [3.8, 4) is 5.75 Å². The first-order chi connectivity index (χ1) is 12.8. The fourth-order valence-electron chi connectivity index (χ4n) is 2.24. The first kappa shape index (κ1) is 17.2. The molecule has 128 valence electrons. The SMILES string of the molecule is O=C(/C=C/c1ccccc1)Oc1ccccc1/C=N\Nc1ccccc1. The minimum Gasteiger partial charge on any atom is -0.423 e. The first-order valence-electron chi connectivity index (χ1n) is 8.19. The van der Waals surface area contributed by atoms with E-state index in [0.717, 1.165) is 11.3 Å². The summed E-state index contributed by atoms with van der Waals surface area (Å²) < 4.78 is 5.43. The Hall–Kier alpha value is -3.66. The number of nitrogens with zero attached hydrogens (tertiary/aromatic N) is 1. The number of nitrogens with one attached hydrogen (secondary N) is 1. The zero-order valence-electron chi connectivity index (χ0n) is 14.1. The second kappa shape index (κ2) is 8.99. The van der Waals surface area contributed by atoms with Crippen molar-refractivity contribution in [1.29, 1.82) is 0 Å². The molecule has 3 rings (SSSR count). The van der Waals surface area contributed by atoms with Gasteiger partial charge in [0.15, 0.2) is 0 Å². The molecule has 4 nitrogen and oxygen atoms in total. The average Bonchev–Trinajstić information content (AvgIpc) is 2.69. The molecule has 0 fully saturated rings. The average molecular weight is 342 g/mol. The van der Waals surface area contributed by atoms with E-state index in [4.69, 9.17) is 4.74 Å². The molecule has 0 amide bonds. The van der Waals surface area contributed by atoms with Gasteiger partial charge in [-0.05, 0) is 35.9 Å². The Kier molecular flexibility index (Phi) is 5.94. The molecule has 0 bridgehead atoms. The lowest BCUT2D eigenvalue weighted by Gasteiger charge is -2.05. The summed E-state index contributed by atoms with van der Waals surface area (Å²) in [6, 6.07) is 26.4. The molecule has 0 aliphatic carbocycles. The lowest BCUT2D eigenvalue weighted by molar-refractivity contribution is -0.128. The number of esters is 1. The first-order valence-corrected chi connectivity index (χ1v) is 8.19. The molecule has 3 aromatic rings. The van der Waals surface area contributed by atoms with Crippen LogP contribution >= 0.6 is 0 Å². The number of hydrogen-bond acceptors (Lipinski definition) is 4. The fraction of sp³-hybridized carbons (Fsp3) is 0. The molecule has 0 saturated heterocycles. The molecule has 4 heteroatoms. The van der Waals surface area contributed by atoms with E-state index in [9.17, 15) is 4.79 Å². The lowest BCUT2D eigenvalue weighted by Crippen LogP contribution is -2.05. The van der Waals surface area contributed by atoms with E-state index in [-0.39, 0.29) is 0 Å². The smallest absolute Gasteiger partial charge is 0.336 e. The number of hydrazone groups is 1. The van der Waals surface area contributed by atoms with Crippen molar-refractivity contribution in [2.75, 3.05) is 5.43 Å². The molecule has 0 saturated carbocycles. The Morgan fingerprint density at radius 1 is 0.846 bits per heavy atom. The quantitative estimate of drug-likeness (QED) is 0.231. The van der Waals surface area contributed by atoms with Gasteiger partial charge in [-0.25, -0.2) is 4.79 Å². The molecule has 0 aliphatic heterocycles. The maximum Gasteiger partial charge on any atom is 0.336 e. The number of carbonyl (C=O) groups excluding carboxylic acids is 1. The second-order valence-electron chi connectivity index (χ2n) is 5.44. The van der Waals surface area contributed by atoms with Crippen molar-refractivity contribution in [3.63, 3.8) is 0 Å². The number of carbonyl (C=O) groups is 1. The maximum atomic E-state index is 12.1. The predicted octanol–water partition coefficient (Wildman–Crippen LogP) is 4.75. The second-order valence-corrected chi connectivity index (χ2v) is 5.44. The molecule has 0 heterocycles. The number of rotatable bonds is 6. The third kappa shape index (κ3) is 5.18. The molecule has 0 spiro atoms. The van der Waals surface area contributed by atoms with E-state index < -0.39 is 5.97 Å². The Labute approximate surface area is 152 Å². The molecule has 1 N–H and O–H groups in total. The van der Waals surface area contributed by atoms with Crippen molar-refractivity contribution in [1.82, 2.24) is 0 Å². The summed E-state index contributed by atoms with van der Waals surface area (Å²) in [5.74, 6) is 0.0135. The summed E-state index contributed by atoms with van der Waals surface area (Å²) in [6.07, 6.45) is 4.75. The minimum absolute atomic E-state index is 0.439. The van der Waals surface area contributed by atoms with Crippen LogP contribution in [0.1, 0.15) is 11.1 Å². The Bertz CT molecular complexity index is 904. The van der Waals surface area contributed by atoms with Crippen molar-refractivity contribution >= 4 is 23.9 Å². The zero-order valence-corrected chi connectivity index (χ0v) is 14.1. The molecule has 3 aromatic carbocycles. The van der Waals surface area contributed by atoms with Crippen molar-refractivity contribution < 1.29 is 9.53 Å². The van der Waals surface area contributed by atoms with Crippen molar-refractivity contribution in [2.45, 2.75) is 0 Å². The highest BCUT2D eigenvalue weighted by atomic mass is 16.5. The monoisotopic (exact) mass is 342 g/mol. The summed E-state index contributed by atoms with van der Waals surface area (Å²) >= 11 is 0. The lowest BCUT2D eigenvalue weighted by atomic mass is 10.2. The number of hydrogen-bond donors (Lipinski definition) is 1. The predicted molar refractivity (Wildman–Crippen MR) is 105 cm³/mol. The van der Waals surface area contributed by atoms with Gasteiger partial charge in [0, 0.05) is 11.6 Å². The van der Waals surface area contributed by atoms with E-state index in [1.54, 1.807) is 18.4 Å². The highest BCUT2D eigenvalue weighted by molar-refractivity contribution is 5.91. The molecule has 0 radical (unpaired) electrons. The fourth-order valence-corrected chi connectivity index (χ4v) is 2.24. The summed E-state index contributed by atoms with van der Waals surface area (Å²) in [5, 5.41) is 4.19. The van der Waals surface area contributed by atoms with Crippen LogP contribution in [-0.2, 0) is 4.79 Å². The third-order valence-electron chi connectivity index (χ3n) is 3.51. The molecular weight excluding hydrogens is 324 g/mol. The Balaban J connectivity index is 1.65. The number of anilines is 1. The van der Waals surface area contributed by atoms with Gasteiger partial charge in [0.25, 0.3) is 0 Å². The van der Waals surface area contributed by atoms with E-state index in [0.29, 0.717) is 11.3 Å². The van der Waals surface area contributed by atoms with Gasteiger partial charge in [0.2, 0.25) is 0 Å². The minimum atomic E-state index is -0.439. The third-order valence-corrected chi connectivity index (χ3v) is 3.51. The summed E-state index contributed by atoms with van der Waals surface area (Å²) in [5.41, 5.74) is 5.46. The highest BCUT2D eigenvalue weighted by Crippen LogP contribution is 2.17. The van der Waals surface area contributed by atoms with Crippen LogP contribution in [0.2, 0.25) is 0 Å². The maximum absolute atomic E-state index is 12.1. The Morgan fingerprint density at radius 3 is 2.27 bits per heavy atom. The normalized spacial score (nSPS) is 10.9. The van der Waals surface area contributed by atoms with Gasteiger partial charge in [-0.15, -0.1) is 0 Å². The molecule has 0 unspecified atom stereocenters. The molecule has 0 aliphatic rings. The van der Waals surface area contributed by atoms with Gasteiger partial charge in [0.1, 0.15) is 5.75 Å². The summed E-state index contributed by atoms with van der Waals surface area (Å²) in [4.78, 5) is 12.1. The van der Waals surface area contributed by atoms with Crippen LogP contribution in [-0.4, -0.2) is 12.2 Å². The van der Waals surface area contributed by atoms with Crippen molar-refractivity contribution in [3.05, 3.63) is 102 Å². The Morgan fingerprint density at radius 2 is 1.50 bits per heavy atom. The van der Waals surface area contributed by atoms with E-state index in [1.165, 1.54) is 6.08 Å². The van der Waals surface area contributed by atoms with Crippen LogP contribution in [0.3, 0.4) is 0 Å². The number of ether oxygens (including phenoxy) is 1. The summed E-state index contributed by atoms with van der Waals surface area (Å²) in [7, 11) is 0. The van der Waals surface area contributed by atoms with Gasteiger partial charge in [0.05, 0.1) is 11.9 Å². The van der Waals surface area contributed by atoms with Crippen LogP contribution in [0.15, 0.2) is 96.1 Å². The van der Waals surface area contributed by atoms with E-state index in [2.05, 4.69) is 10.5 Å². The molecule has 0 aromatic heterocycles. The van der Waals surface area contributed by atoms with E-state index >= 15 is 0 Å². The highest BCUT2D eigenvalue weighted by Gasteiger charge is 2.05. The standard InChI is InChI=1S/C22H18N2O2/c25-22(16-15-18-9-3-1-4-10-18)26-21-14-8-7-11-19(21)17-23-24-20-12-5-2-6-13-20/h1-17,24H/b16-15+,23-17-. The molecule has 26 heavy (non-hydrogen) atoms. The van der Waals surface area contributed by atoms with Crippen LogP contribution in [0.5, 0.6) is 5.75 Å². The zero-order chi connectivity index (χ0) is 18.0. The van der Waals surface area contributed by atoms with Gasteiger partial charge in [-0.2, -0.15) is 5.10 Å². The number of para-hydroxylation sites is 2. The van der Waals surface area contributed by atoms with Crippen LogP contribution in [0.4, 0.5) is 5.69 Å². The van der Waals surface area contributed by atoms with E-state index in [1.807, 2.05) is 78.9 Å². The summed E-state index contributed by atoms with van der Waals surface area (Å²) in [6.45, 7) is 0. The number of benzene rings is 3. The van der Waals surface area contributed by atoms with Gasteiger partial charge in [-0.3, -0.25) is 5.43 Å². The van der Waals surface area contributed by atoms with Crippen LogP contribution < -0.4 is 10.2 Å². The largest absolute Gasteiger partial charge is 0.423 e. The molecule has 0 atom stereocenters. The van der Waals surface area contributed by atoms with Gasteiger partial charge in [-0.1, -0.05) is 60.7 Å². The van der Waals surface area contributed by atoms with Crippen LogP contribution in [0, 0.1) is 0 Å². The van der Waals surface area contributed by atoms with Crippen LogP contribution in [0.25, 0.3) is 6.08 Å². The van der Waals surface area contributed by atoms with Gasteiger partial charge < -0.3 is 4.74 Å².